The molecule has 0 saturated carbocycles. The Hall–Kier alpha value is -2.13. The van der Waals surface area contributed by atoms with Crippen LogP contribution in [0.1, 0.15) is 70.4 Å². The summed E-state index contributed by atoms with van der Waals surface area (Å²) >= 11 is 6.37. The van der Waals surface area contributed by atoms with E-state index in [1.165, 1.54) is 51.4 Å². The fraction of sp³-hybridized carbons (Fsp3) is 0.440. The van der Waals surface area contributed by atoms with Gasteiger partial charge in [0.05, 0.1) is 16.2 Å². The summed E-state index contributed by atoms with van der Waals surface area (Å²) in [6.45, 7) is 2.26. The van der Waals surface area contributed by atoms with Crippen LogP contribution in [0.4, 0.5) is 0 Å². The molecule has 1 aromatic heterocycles. The Kier molecular flexibility index (Phi) is 8.30. The van der Waals surface area contributed by atoms with Gasteiger partial charge in [-0.1, -0.05) is 82.0 Å². The van der Waals surface area contributed by atoms with Crippen LogP contribution in [0.15, 0.2) is 42.5 Å². The lowest BCUT2D eigenvalue weighted by molar-refractivity contribution is 0.476. The fourth-order valence-electron chi connectivity index (χ4n) is 3.74. The minimum atomic E-state index is 0.250. The first-order valence-electron chi connectivity index (χ1n) is 10.9. The zero-order valence-corrected chi connectivity index (χ0v) is 18.1. The Labute approximate surface area is 179 Å². The summed E-state index contributed by atoms with van der Waals surface area (Å²) in [6.07, 6.45) is 12.5. The van der Waals surface area contributed by atoms with Gasteiger partial charge in [-0.05, 0) is 43.2 Å². The molecule has 3 aromatic rings. The number of halogens is 1. The van der Waals surface area contributed by atoms with E-state index >= 15 is 0 Å². The molecule has 0 aliphatic heterocycles. The number of aromatic nitrogens is 2. The fourth-order valence-corrected chi connectivity index (χ4v) is 3.96. The van der Waals surface area contributed by atoms with E-state index in [1.807, 2.05) is 30.3 Å². The number of fused-ring (bicyclic) bond motifs is 1. The molecule has 0 amide bonds. The molecule has 0 bridgehead atoms. The van der Waals surface area contributed by atoms with Crippen molar-refractivity contribution in [2.75, 3.05) is 0 Å². The van der Waals surface area contributed by atoms with Gasteiger partial charge in [-0.3, -0.25) is 0 Å². The Morgan fingerprint density at radius 1 is 0.828 bits per heavy atom. The van der Waals surface area contributed by atoms with E-state index in [-0.39, 0.29) is 5.75 Å². The average Bonchev–Trinajstić information content (AvgIpc) is 2.73. The lowest BCUT2D eigenvalue weighted by Crippen LogP contribution is -1.99. The van der Waals surface area contributed by atoms with Gasteiger partial charge >= 0.3 is 0 Å². The normalized spacial score (nSPS) is 11.2. The van der Waals surface area contributed by atoms with Crippen LogP contribution in [0.3, 0.4) is 0 Å². The first kappa shape index (κ1) is 21.6. The van der Waals surface area contributed by atoms with Crippen molar-refractivity contribution in [2.24, 2.45) is 0 Å². The number of hydrogen-bond donors (Lipinski definition) is 1. The van der Waals surface area contributed by atoms with Gasteiger partial charge < -0.3 is 5.11 Å². The zero-order valence-electron chi connectivity index (χ0n) is 17.3. The molecule has 0 aliphatic carbocycles. The van der Waals surface area contributed by atoms with E-state index < -0.39 is 0 Å². The standard InChI is InChI=1S/C25H31ClN2O/c1-2-3-4-5-6-7-8-9-10-15-23-21-18-19(29)16-17-24(21)28-25(27-23)20-13-11-12-14-22(20)26/h11-14,16-18,29H,2-10,15H2,1H3. The number of phenols is 1. The number of nitrogens with zero attached hydrogens (tertiary/aromatic N) is 2. The molecular formula is C25H31ClN2O. The Balaban J connectivity index is 1.68. The van der Waals surface area contributed by atoms with Crippen LogP contribution in [0, 0.1) is 0 Å². The molecular weight excluding hydrogens is 380 g/mol. The van der Waals surface area contributed by atoms with E-state index in [9.17, 15) is 5.11 Å². The van der Waals surface area contributed by atoms with E-state index in [2.05, 4.69) is 6.92 Å². The molecule has 0 unspecified atom stereocenters. The molecule has 4 heteroatoms. The average molecular weight is 411 g/mol. The van der Waals surface area contributed by atoms with Gasteiger partial charge in [0.15, 0.2) is 5.82 Å². The van der Waals surface area contributed by atoms with E-state index in [4.69, 9.17) is 21.6 Å². The van der Waals surface area contributed by atoms with Crippen LogP contribution >= 0.6 is 11.6 Å². The van der Waals surface area contributed by atoms with Gasteiger partial charge in [0.2, 0.25) is 0 Å². The van der Waals surface area contributed by atoms with E-state index in [0.717, 1.165) is 35.0 Å². The van der Waals surface area contributed by atoms with Gasteiger partial charge in [-0.25, -0.2) is 9.97 Å². The largest absolute Gasteiger partial charge is 0.508 e. The van der Waals surface area contributed by atoms with Crippen LogP contribution in [0.2, 0.25) is 5.02 Å². The summed E-state index contributed by atoms with van der Waals surface area (Å²) in [7, 11) is 0. The van der Waals surface area contributed by atoms with Crippen molar-refractivity contribution in [3.05, 3.63) is 53.2 Å². The number of phenolic OH excluding ortho intramolecular Hbond substituents is 1. The lowest BCUT2D eigenvalue weighted by atomic mass is 10.0. The Morgan fingerprint density at radius 2 is 1.52 bits per heavy atom. The van der Waals surface area contributed by atoms with Gasteiger partial charge in [-0.15, -0.1) is 0 Å². The zero-order chi connectivity index (χ0) is 20.5. The molecule has 2 aromatic carbocycles. The van der Waals surface area contributed by atoms with Crippen molar-refractivity contribution in [3.63, 3.8) is 0 Å². The SMILES string of the molecule is CCCCCCCCCCCc1nc(-c2ccccc2Cl)nc2ccc(O)cc12. The van der Waals surface area contributed by atoms with Gasteiger partial charge in [0.1, 0.15) is 5.75 Å². The Bertz CT molecular complexity index is 926. The maximum absolute atomic E-state index is 9.94. The van der Waals surface area contributed by atoms with E-state index in [0.29, 0.717) is 10.8 Å². The second-order valence-electron chi connectivity index (χ2n) is 7.75. The maximum atomic E-state index is 9.94. The number of rotatable bonds is 11. The minimum Gasteiger partial charge on any atom is -0.508 e. The van der Waals surface area contributed by atoms with Crippen molar-refractivity contribution >= 4 is 22.5 Å². The highest BCUT2D eigenvalue weighted by molar-refractivity contribution is 6.33. The molecule has 3 nitrogen and oxygen atoms in total. The Morgan fingerprint density at radius 3 is 2.24 bits per heavy atom. The van der Waals surface area contributed by atoms with Crippen LogP contribution < -0.4 is 0 Å². The highest BCUT2D eigenvalue weighted by Gasteiger charge is 2.12. The van der Waals surface area contributed by atoms with Gasteiger partial charge in [0.25, 0.3) is 0 Å². The predicted octanol–water partition coefficient (Wildman–Crippen LogP) is 7.73. The molecule has 0 fully saturated rings. The molecule has 0 atom stereocenters. The number of aromatic hydroxyl groups is 1. The van der Waals surface area contributed by atoms with Gasteiger partial charge in [-0.2, -0.15) is 0 Å². The number of hydrogen-bond acceptors (Lipinski definition) is 3. The molecule has 29 heavy (non-hydrogen) atoms. The number of benzene rings is 2. The monoisotopic (exact) mass is 410 g/mol. The van der Waals surface area contributed by atoms with Crippen LogP contribution in [-0.2, 0) is 6.42 Å². The summed E-state index contributed by atoms with van der Waals surface area (Å²) in [5.41, 5.74) is 2.68. The quantitative estimate of drug-likeness (QED) is 0.329. The second kappa shape index (κ2) is 11.2. The van der Waals surface area contributed by atoms with Gasteiger partial charge in [0, 0.05) is 10.9 Å². The van der Waals surface area contributed by atoms with E-state index in [1.54, 1.807) is 12.1 Å². The third-order valence-electron chi connectivity index (χ3n) is 5.39. The predicted molar refractivity (Wildman–Crippen MR) is 123 cm³/mol. The van der Waals surface area contributed by atoms with Crippen LogP contribution in [0.5, 0.6) is 5.75 Å². The number of aryl methyl sites for hydroxylation is 1. The molecule has 3 rings (SSSR count). The van der Waals surface area contributed by atoms with Crippen molar-refractivity contribution in [2.45, 2.75) is 71.1 Å². The highest BCUT2D eigenvalue weighted by atomic mass is 35.5. The van der Waals surface area contributed by atoms with Crippen LogP contribution in [-0.4, -0.2) is 15.1 Å². The maximum Gasteiger partial charge on any atom is 0.161 e. The molecule has 1 N–H and O–H groups in total. The van der Waals surface area contributed by atoms with Crippen LogP contribution in [0.25, 0.3) is 22.3 Å². The third-order valence-corrected chi connectivity index (χ3v) is 5.72. The summed E-state index contributed by atoms with van der Waals surface area (Å²) in [4.78, 5) is 9.53. The summed E-state index contributed by atoms with van der Waals surface area (Å²) in [5.74, 6) is 0.902. The minimum absolute atomic E-state index is 0.250. The number of unbranched alkanes of at least 4 members (excludes halogenated alkanes) is 8. The molecule has 1 heterocycles. The first-order chi connectivity index (χ1) is 14.2. The molecule has 0 radical (unpaired) electrons. The lowest BCUT2D eigenvalue weighted by Gasteiger charge is -2.10. The molecule has 0 spiro atoms. The summed E-state index contributed by atoms with van der Waals surface area (Å²) in [5, 5.41) is 11.5. The molecule has 0 aliphatic rings. The van der Waals surface area contributed by atoms with Crippen molar-refractivity contribution in [1.82, 2.24) is 9.97 Å². The smallest absolute Gasteiger partial charge is 0.161 e. The molecule has 0 saturated heterocycles. The van der Waals surface area contributed by atoms with Crippen molar-refractivity contribution in [3.8, 4) is 17.1 Å². The first-order valence-corrected chi connectivity index (χ1v) is 11.3. The third kappa shape index (κ3) is 6.17. The van der Waals surface area contributed by atoms with Crippen molar-refractivity contribution in [1.29, 1.82) is 0 Å². The summed E-state index contributed by atoms with van der Waals surface area (Å²) in [6, 6.07) is 13.0. The highest BCUT2D eigenvalue weighted by Crippen LogP contribution is 2.29. The summed E-state index contributed by atoms with van der Waals surface area (Å²) < 4.78 is 0. The molecule has 154 valence electrons. The topological polar surface area (TPSA) is 46.0 Å². The second-order valence-corrected chi connectivity index (χ2v) is 8.16. The van der Waals surface area contributed by atoms with Crippen molar-refractivity contribution < 1.29 is 5.11 Å².